The second-order valence-corrected chi connectivity index (χ2v) is 7.50. The summed E-state index contributed by atoms with van der Waals surface area (Å²) in [7, 11) is 0. The minimum absolute atomic E-state index is 0.698. The topological polar surface area (TPSA) is 52.0 Å². The van der Waals surface area contributed by atoms with Gasteiger partial charge in [-0.2, -0.15) is 0 Å². The van der Waals surface area contributed by atoms with Crippen LogP contribution >= 0.6 is 23.2 Å². The van der Waals surface area contributed by atoms with Crippen molar-refractivity contribution in [1.82, 2.24) is 0 Å². The van der Waals surface area contributed by atoms with Crippen molar-refractivity contribution < 1.29 is 0 Å². The van der Waals surface area contributed by atoms with Gasteiger partial charge in [-0.25, -0.2) is 0 Å². The molecular formula is C24H18Cl2N2. The van der Waals surface area contributed by atoms with E-state index in [1.165, 1.54) is 0 Å². The van der Waals surface area contributed by atoms with Crippen LogP contribution < -0.4 is 11.5 Å². The fourth-order valence-corrected chi connectivity index (χ4v) is 3.58. The molecule has 0 aromatic heterocycles. The summed E-state index contributed by atoms with van der Waals surface area (Å²) in [5.74, 6) is 0. The van der Waals surface area contributed by atoms with Crippen LogP contribution in [0, 0.1) is 0 Å². The summed E-state index contributed by atoms with van der Waals surface area (Å²) in [5, 5.41) is 1.40. The van der Waals surface area contributed by atoms with Gasteiger partial charge in [0, 0.05) is 21.4 Å². The molecule has 0 radical (unpaired) electrons. The molecule has 0 bridgehead atoms. The molecule has 138 valence electrons. The molecule has 0 aliphatic heterocycles. The zero-order valence-corrected chi connectivity index (χ0v) is 16.5. The number of anilines is 2. The average Bonchev–Trinajstić information content (AvgIpc) is 2.69. The Labute approximate surface area is 174 Å². The van der Waals surface area contributed by atoms with Crippen molar-refractivity contribution in [3.05, 3.63) is 95.0 Å². The first kappa shape index (κ1) is 18.4. The third-order valence-corrected chi connectivity index (χ3v) is 5.19. The molecule has 0 aliphatic rings. The van der Waals surface area contributed by atoms with Crippen molar-refractivity contribution in [2.24, 2.45) is 0 Å². The molecule has 0 aliphatic carbocycles. The molecule has 2 nitrogen and oxygen atoms in total. The minimum atomic E-state index is 0.698. The first-order valence-electron chi connectivity index (χ1n) is 8.82. The summed E-state index contributed by atoms with van der Waals surface area (Å²) >= 11 is 12.1. The molecule has 4 aromatic carbocycles. The molecule has 0 amide bonds. The summed E-state index contributed by atoms with van der Waals surface area (Å²) in [4.78, 5) is 0. The van der Waals surface area contributed by atoms with Gasteiger partial charge in [-0.3, -0.25) is 0 Å². The number of nitrogen functional groups attached to an aromatic ring is 2. The van der Waals surface area contributed by atoms with Crippen LogP contribution in [0.15, 0.2) is 84.9 Å². The lowest BCUT2D eigenvalue weighted by atomic mass is 9.89. The van der Waals surface area contributed by atoms with Gasteiger partial charge >= 0.3 is 0 Å². The molecule has 28 heavy (non-hydrogen) atoms. The third kappa shape index (κ3) is 3.70. The third-order valence-electron chi connectivity index (χ3n) is 4.69. The smallest absolute Gasteiger partial charge is 0.0406 e. The van der Waals surface area contributed by atoms with Crippen LogP contribution in [0.5, 0.6) is 0 Å². The zero-order chi connectivity index (χ0) is 19.7. The van der Waals surface area contributed by atoms with Gasteiger partial charge in [0.15, 0.2) is 0 Å². The maximum absolute atomic E-state index is 6.10. The standard InChI is InChI=1S/C24H18Cl2N2/c25-17-5-1-15(2-6-17)23-13-19(27)9-11-21(23)22-12-10-20(28)14-24(22)16-3-7-18(26)8-4-16/h1-14H,27-28H2. The van der Waals surface area contributed by atoms with E-state index in [2.05, 4.69) is 0 Å². The predicted octanol–water partition coefficient (Wildman–Crippen LogP) is 7.16. The Hall–Kier alpha value is -2.94. The van der Waals surface area contributed by atoms with Crippen molar-refractivity contribution in [2.45, 2.75) is 0 Å². The SMILES string of the molecule is Nc1ccc(-c2ccc(N)cc2-c2ccc(Cl)cc2)c(-c2ccc(Cl)cc2)c1. The Kier molecular flexibility index (Phi) is 4.99. The fourth-order valence-electron chi connectivity index (χ4n) is 3.33. The number of rotatable bonds is 3. The van der Waals surface area contributed by atoms with Crippen LogP contribution in [0.25, 0.3) is 33.4 Å². The van der Waals surface area contributed by atoms with E-state index in [4.69, 9.17) is 34.7 Å². The van der Waals surface area contributed by atoms with E-state index in [0.717, 1.165) is 33.4 Å². The molecule has 0 saturated heterocycles. The maximum atomic E-state index is 6.10. The molecule has 0 spiro atoms. The summed E-state index contributed by atoms with van der Waals surface area (Å²) in [6.07, 6.45) is 0. The lowest BCUT2D eigenvalue weighted by molar-refractivity contribution is 1.56. The molecular weight excluding hydrogens is 387 g/mol. The van der Waals surface area contributed by atoms with Crippen LogP contribution in [0.4, 0.5) is 11.4 Å². The second kappa shape index (κ2) is 7.59. The van der Waals surface area contributed by atoms with E-state index in [-0.39, 0.29) is 0 Å². The minimum Gasteiger partial charge on any atom is -0.399 e. The summed E-state index contributed by atoms with van der Waals surface area (Å²) in [6, 6.07) is 27.4. The van der Waals surface area contributed by atoms with Crippen molar-refractivity contribution in [3.8, 4) is 33.4 Å². The van der Waals surface area contributed by atoms with Crippen LogP contribution in [0.3, 0.4) is 0 Å². The van der Waals surface area contributed by atoms with Crippen LogP contribution in [-0.2, 0) is 0 Å². The Morgan fingerprint density at radius 2 is 0.786 bits per heavy atom. The quantitative estimate of drug-likeness (QED) is 0.355. The predicted molar refractivity (Wildman–Crippen MR) is 122 cm³/mol. The molecule has 0 saturated carbocycles. The molecule has 4 heteroatoms. The first-order valence-corrected chi connectivity index (χ1v) is 9.58. The number of hydrogen-bond donors (Lipinski definition) is 2. The van der Waals surface area contributed by atoms with Crippen molar-refractivity contribution >= 4 is 34.6 Å². The van der Waals surface area contributed by atoms with E-state index >= 15 is 0 Å². The molecule has 4 N–H and O–H groups in total. The van der Waals surface area contributed by atoms with Crippen LogP contribution in [0.2, 0.25) is 10.0 Å². The molecule has 0 fully saturated rings. The number of benzene rings is 4. The van der Waals surface area contributed by atoms with Gasteiger partial charge in [0.2, 0.25) is 0 Å². The van der Waals surface area contributed by atoms with Crippen molar-refractivity contribution in [2.75, 3.05) is 11.5 Å². The largest absolute Gasteiger partial charge is 0.399 e. The second-order valence-electron chi connectivity index (χ2n) is 6.62. The highest BCUT2D eigenvalue weighted by Gasteiger charge is 2.14. The highest BCUT2D eigenvalue weighted by Crippen LogP contribution is 2.40. The van der Waals surface area contributed by atoms with Gasteiger partial charge in [-0.05, 0) is 81.9 Å². The van der Waals surface area contributed by atoms with Gasteiger partial charge < -0.3 is 11.5 Å². The molecule has 4 rings (SSSR count). The molecule has 0 atom stereocenters. The first-order chi connectivity index (χ1) is 13.5. The summed E-state index contributed by atoms with van der Waals surface area (Å²) in [5.41, 5.74) is 19.9. The average molecular weight is 405 g/mol. The van der Waals surface area contributed by atoms with E-state index < -0.39 is 0 Å². The highest BCUT2D eigenvalue weighted by atomic mass is 35.5. The summed E-state index contributed by atoms with van der Waals surface area (Å²) in [6.45, 7) is 0. The van der Waals surface area contributed by atoms with E-state index in [1.54, 1.807) is 0 Å². The van der Waals surface area contributed by atoms with Crippen LogP contribution in [0.1, 0.15) is 0 Å². The Balaban J connectivity index is 1.95. The van der Waals surface area contributed by atoms with E-state index in [1.807, 2.05) is 84.9 Å². The number of nitrogens with two attached hydrogens (primary N) is 2. The van der Waals surface area contributed by atoms with E-state index in [0.29, 0.717) is 21.4 Å². The van der Waals surface area contributed by atoms with Crippen molar-refractivity contribution in [3.63, 3.8) is 0 Å². The number of halogens is 2. The Morgan fingerprint density at radius 3 is 1.14 bits per heavy atom. The lowest BCUT2D eigenvalue weighted by Crippen LogP contribution is -1.94. The van der Waals surface area contributed by atoms with Gasteiger partial charge in [-0.1, -0.05) is 59.6 Å². The lowest BCUT2D eigenvalue weighted by Gasteiger charge is -2.16. The number of hydrogen-bond acceptors (Lipinski definition) is 2. The summed E-state index contributed by atoms with van der Waals surface area (Å²) < 4.78 is 0. The highest BCUT2D eigenvalue weighted by molar-refractivity contribution is 6.31. The Bertz CT molecular complexity index is 1040. The molecule has 4 aromatic rings. The monoisotopic (exact) mass is 404 g/mol. The van der Waals surface area contributed by atoms with Gasteiger partial charge in [0.1, 0.15) is 0 Å². The maximum Gasteiger partial charge on any atom is 0.0406 e. The fraction of sp³-hybridized carbons (Fsp3) is 0. The molecule has 0 heterocycles. The molecule has 0 unspecified atom stereocenters. The van der Waals surface area contributed by atoms with Gasteiger partial charge in [0.05, 0.1) is 0 Å². The zero-order valence-electron chi connectivity index (χ0n) is 15.0. The van der Waals surface area contributed by atoms with Crippen molar-refractivity contribution in [1.29, 1.82) is 0 Å². The van der Waals surface area contributed by atoms with Gasteiger partial charge in [-0.15, -0.1) is 0 Å². The van der Waals surface area contributed by atoms with Gasteiger partial charge in [0.25, 0.3) is 0 Å². The Morgan fingerprint density at radius 1 is 0.429 bits per heavy atom. The normalized spacial score (nSPS) is 10.8. The van der Waals surface area contributed by atoms with E-state index in [9.17, 15) is 0 Å². The van der Waals surface area contributed by atoms with Crippen LogP contribution in [-0.4, -0.2) is 0 Å².